The second-order valence-electron chi connectivity index (χ2n) is 5.10. The summed E-state index contributed by atoms with van der Waals surface area (Å²) in [5.74, 6) is 0.536. The van der Waals surface area contributed by atoms with Gasteiger partial charge in [0.2, 0.25) is 0 Å². The van der Waals surface area contributed by atoms with Crippen molar-refractivity contribution in [3.05, 3.63) is 68.4 Å². The Morgan fingerprint density at radius 1 is 1.12 bits per heavy atom. The minimum absolute atomic E-state index is 0.0540. The highest BCUT2D eigenvalue weighted by Crippen LogP contribution is 2.31. The number of aromatic nitrogens is 2. The molecule has 1 N–H and O–H groups in total. The van der Waals surface area contributed by atoms with E-state index >= 15 is 0 Å². The van der Waals surface area contributed by atoms with Gasteiger partial charge in [-0.1, -0.05) is 35.3 Å². The van der Waals surface area contributed by atoms with E-state index in [4.69, 9.17) is 23.2 Å². The van der Waals surface area contributed by atoms with Crippen LogP contribution in [0, 0.1) is 10.1 Å². The minimum Gasteiger partial charge on any atom is -0.369 e. The predicted octanol–water partition coefficient (Wildman–Crippen LogP) is 4.50. The van der Waals surface area contributed by atoms with Crippen molar-refractivity contribution in [2.45, 2.75) is 6.42 Å². The lowest BCUT2D eigenvalue weighted by Crippen LogP contribution is -2.07. The summed E-state index contributed by atoms with van der Waals surface area (Å²) in [6.45, 7) is 0.615. The number of rotatable bonds is 5. The molecule has 0 saturated carbocycles. The van der Waals surface area contributed by atoms with E-state index in [0.29, 0.717) is 28.3 Å². The number of nitro benzene ring substituents is 1. The van der Waals surface area contributed by atoms with Gasteiger partial charge in [0.15, 0.2) is 0 Å². The highest BCUT2D eigenvalue weighted by atomic mass is 35.5. The topological polar surface area (TPSA) is 81.0 Å². The van der Waals surface area contributed by atoms with Crippen molar-refractivity contribution < 1.29 is 4.92 Å². The van der Waals surface area contributed by atoms with Crippen LogP contribution in [0.3, 0.4) is 0 Å². The Morgan fingerprint density at radius 3 is 2.58 bits per heavy atom. The molecule has 0 amide bonds. The van der Waals surface area contributed by atoms with Gasteiger partial charge in [0.1, 0.15) is 17.2 Å². The maximum absolute atomic E-state index is 11.1. The van der Waals surface area contributed by atoms with Crippen LogP contribution in [-0.2, 0) is 6.42 Å². The van der Waals surface area contributed by atoms with Gasteiger partial charge in [-0.05, 0) is 30.2 Å². The number of nitrogens with zero attached hydrogens (tertiary/aromatic N) is 3. The van der Waals surface area contributed by atoms with E-state index in [9.17, 15) is 10.1 Å². The number of nitro groups is 1. The Kier molecular flexibility index (Phi) is 4.78. The van der Waals surface area contributed by atoms with Crippen LogP contribution in [0.4, 0.5) is 11.5 Å². The smallest absolute Gasteiger partial charge is 0.288 e. The second kappa shape index (κ2) is 6.98. The summed E-state index contributed by atoms with van der Waals surface area (Å²) >= 11 is 11.8. The minimum atomic E-state index is -0.522. The average Bonchev–Trinajstić information content (AvgIpc) is 2.56. The number of hydrogen-bond acceptors (Lipinski definition) is 5. The van der Waals surface area contributed by atoms with Gasteiger partial charge in [0, 0.05) is 23.0 Å². The molecule has 0 atom stereocenters. The predicted molar refractivity (Wildman–Crippen MR) is 94.8 cm³/mol. The zero-order valence-corrected chi connectivity index (χ0v) is 13.9. The number of nitrogens with one attached hydrogen (secondary N) is 1. The van der Waals surface area contributed by atoms with Gasteiger partial charge in [-0.15, -0.1) is 0 Å². The van der Waals surface area contributed by atoms with Gasteiger partial charge in [0.25, 0.3) is 5.69 Å². The first-order chi connectivity index (χ1) is 11.5. The van der Waals surface area contributed by atoms with Crippen molar-refractivity contribution in [1.82, 2.24) is 9.97 Å². The van der Waals surface area contributed by atoms with Gasteiger partial charge in [-0.25, -0.2) is 9.97 Å². The van der Waals surface area contributed by atoms with E-state index < -0.39 is 4.92 Å². The SMILES string of the molecule is O=[N+]([O-])c1cc2c(NCCc3ccc(Cl)cc3)ncnc2cc1Cl. The molecule has 0 aliphatic rings. The molecule has 0 radical (unpaired) electrons. The van der Waals surface area contributed by atoms with Crippen molar-refractivity contribution in [2.75, 3.05) is 11.9 Å². The fourth-order valence-electron chi connectivity index (χ4n) is 2.32. The summed E-state index contributed by atoms with van der Waals surface area (Å²) in [7, 11) is 0. The first-order valence-electron chi connectivity index (χ1n) is 7.11. The zero-order chi connectivity index (χ0) is 17.1. The Hall–Kier alpha value is -2.44. The van der Waals surface area contributed by atoms with Crippen molar-refractivity contribution in [2.24, 2.45) is 0 Å². The molecule has 6 nitrogen and oxygen atoms in total. The first kappa shape index (κ1) is 16.4. The monoisotopic (exact) mass is 362 g/mol. The summed E-state index contributed by atoms with van der Waals surface area (Å²) in [6.07, 6.45) is 2.16. The molecule has 3 rings (SSSR count). The lowest BCUT2D eigenvalue weighted by Gasteiger charge is -2.09. The Balaban J connectivity index is 1.82. The standard InChI is InChI=1S/C16H12Cl2N4O2/c17-11-3-1-10(2-4-11)5-6-19-16-12-7-15(22(23)24)13(18)8-14(12)20-9-21-16/h1-4,7-9H,5-6H2,(H,19,20,21). The molecule has 0 aliphatic heterocycles. The van der Waals surface area contributed by atoms with E-state index in [1.54, 1.807) is 0 Å². The fraction of sp³-hybridized carbons (Fsp3) is 0.125. The summed E-state index contributed by atoms with van der Waals surface area (Å²) < 4.78 is 0. The highest BCUT2D eigenvalue weighted by molar-refractivity contribution is 6.33. The van der Waals surface area contributed by atoms with E-state index in [0.717, 1.165) is 12.0 Å². The zero-order valence-electron chi connectivity index (χ0n) is 12.4. The van der Waals surface area contributed by atoms with Gasteiger partial charge in [0.05, 0.1) is 10.4 Å². The molecule has 0 saturated heterocycles. The van der Waals surface area contributed by atoms with E-state index in [1.165, 1.54) is 18.5 Å². The molecule has 0 aliphatic carbocycles. The molecule has 1 aromatic heterocycles. The van der Waals surface area contributed by atoms with E-state index in [-0.39, 0.29) is 10.7 Å². The largest absolute Gasteiger partial charge is 0.369 e. The van der Waals surface area contributed by atoms with Crippen LogP contribution in [0.2, 0.25) is 10.0 Å². The number of halogens is 2. The molecule has 0 bridgehead atoms. The van der Waals surface area contributed by atoms with Crippen LogP contribution >= 0.6 is 23.2 Å². The van der Waals surface area contributed by atoms with E-state index in [1.807, 2.05) is 24.3 Å². The van der Waals surface area contributed by atoms with Crippen LogP contribution in [0.5, 0.6) is 0 Å². The van der Waals surface area contributed by atoms with Crippen molar-refractivity contribution in [3.8, 4) is 0 Å². The number of benzene rings is 2. The molecule has 1 heterocycles. The lowest BCUT2D eigenvalue weighted by atomic mass is 10.1. The van der Waals surface area contributed by atoms with E-state index in [2.05, 4.69) is 15.3 Å². The van der Waals surface area contributed by atoms with Crippen molar-refractivity contribution in [1.29, 1.82) is 0 Å². The fourth-order valence-corrected chi connectivity index (χ4v) is 2.68. The van der Waals surface area contributed by atoms with Crippen LogP contribution in [0.15, 0.2) is 42.7 Å². The maximum atomic E-state index is 11.1. The second-order valence-corrected chi connectivity index (χ2v) is 5.95. The third kappa shape index (κ3) is 3.55. The molecule has 24 heavy (non-hydrogen) atoms. The quantitative estimate of drug-likeness (QED) is 0.533. The maximum Gasteiger partial charge on any atom is 0.288 e. The van der Waals surface area contributed by atoms with Crippen molar-refractivity contribution in [3.63, 3.8) is 0 Å². The molecular weight excluding hydrogens is 351 g/mol. The molecular formula is C16H12Cl2N4O2. The number of fused-ring (bicyclic) bond motifs is 1. The summed E-state index contributed by atoms with van der Waals surface area (Å²) in [6, 6.07) is 10.4. The van der Waals surface area contributed by atoms with Crippen LogP contribution in [0.1, 0.15) is 5.56 Å². The number of anilines is 1. The van der Waals surface area contributed by atoms with Crippen LogP contribution < -0.4 is 5.32 Å². The molecule has 0 fully saturated rings. The number of hydrogen-bond donors (Lipinski definition) is 1. The molecule has 122 valence electrons. The lowest BCUT2D eigenvalue weighted by molar-refractivity contribution is -0.384. The van der Waals surface area contributed by atoms with Gasteiger partial charge < -0.3 is 5.32 Å². The van der Waals surface area contributed by atoms with Gasteiger partial charge in [-0.3, -0.25) is 10.1 Å². The van der Waals surface area contributed by atoms with Gasteiger partial charge in [-0.2, -0.15) is 0 Å². The Bertz CT molecular complexity index is 900. The van der Waals surface area contributed by atoms with Gasteiger partial charge >= 0.3 is 0 Å². The molecule has 8 heteroatoms. The summed E-state index contributed by atoms with van der Waals surface area (Å²) in [5.41, 5.74) is 1.51. The third-order valence-electron chi connectivity index (χ3n) is 3.52. The van der Waals surface area contributed by atoms with Crippen LogP contribution in [-0.4, -0.2) is 21.4 Å². The van der Waals surface area contributed by atoms with Crippen molar-refractivity contribution >= 4 is 45.6 Å². The third-order valence-corrected chi connectivity index (χ3v) is 4.07. The average molecular weight is 363 g/mol. The molecule has 0 spiro atoms. The molecule has 2 aromatic carbocycles. The summed E-state index contributed by atoms with van der Waals surface area (Å²) in [5, 5.41) is 15.5. The molecule has 3 aromatic rings. The highest BCUT2D eigenvalue weighted by Gasteiger charge is 2.16. The Morgan fingerprint density at radius 2 is 1.88 bits per heavy atom. The normalized spacial score (nSPS) is 10.8. The first-order valence-corrected chi connectivity index (χ1v) is 7.87. The molecule has 0 unspecified atom stereocenters. The summed E-state index contributed by atoms with van der Waals surface area (Å²) in [4.78, 5) is 18.8. The van der Waals surface area contributed by atoms with Crippen LogP contribution in [0.25, 0.3) is 10.9 Å². The Labute approximate surface area is 147 Å².